The molecule has 0 aliphatic carbocycles. The number of hydrogen-bond acceptors (Lipinski definition) is 6. The minimum Gasteiger partial charge on any atom is -0.489 e. The Bertz CT molecular complexity index is 1290. The van der Waals surface area contributed by atoms with Gasteiger partial charge in [-0.3, -0.25) is 4.79 Å². The fraction of sp³-hybridized carbons (Fsp3) is 0.320. The van der Waals surface area contributed by atoms with Crippen molar-refractivity contribution in [2.24, 2.45) is 0 Å². The number of rotatable bonds is 9. The van der Waals surface area contributed by atoms with E-state index < -0.39 is 33.9 Å². The maximum atomic E-state index is 12.9. The zero-order chi connectivity index (χ0) is 25.9. The van der Waals surface area contributed by atoms with Gasteiger partial charge in [-0.05, 0) is 60.4 Å². The van der Waals surface area contributed by atoms with Crippen molar-refractivity contribution in [3.05, 3.63) is 83.6 Å². The molecular weight excluding hydrogens is 499 g/mol. The third-order valence-corrected chi connectivity index (χ3v) is 7.67. The van der Waals surface area contributed by atoms with Crippen LogP contribution in [0.5, 0.6) is 5.75 Å². The van der Waals surface area contributed by atoms with Crippen molar-refractivity contribution in [3.63, 3.8) is 0 Å². The van der Waals surface area contributed by atoms with Gasteiger partial charge in [0.1, 0.15) is 12.4 Å². The molecule has 3 aromatic rings. The third-order valence-electron chi connectivity index (χ3n) is 5.91. The number of benzene rings is 2. The Hall–Kier alpha value is -3.15. The number of aliphatic hydroxyl groups is 1. The summed E-state index contributed by atoms with van der Waals surface area (Å²) in [6.07, 6.45) is -3.76. The maximum Gasteiger partial charge on any atom is 0.416 e. The molecule has 0 radical (unpaired) electrons. The first kappa shape index (κ1) is 25.9. The average Bonchev–Trinajstić information content (AvgIpc) is 3.52. The quantitative estimate of drug-likeness (QED) is 0.452. The first-order valence-corrected chi connectivity index (χ1v) is 12.6. The number of alkyl halides is 3. The van der Waals surface area contributed by atoms with E-state index in [-0.39, 0.29) is 36.9 Å². The van der Waals surface area contributed by atoms with Crippen molar-refractivity contribution >= 4 is 15.8 Å². The number of halogens is 3. The van der Waals surface area contributed by atoms with E-state index in [1.165, 1.54) is 30.5 Å². The molecule has 0 bridgehead atoms. The molecule has 1 fully saturated rings. The van der Waals surface area contributed by atoms with Crippen LogP contribution in [0, 0.1) is 0 Å². The van der Waals surface area contributed by atoms with Gasteiger partial charge in [0.25, 0.3) is 10.0 Å². The molecule has 1 N–H and O–H groups in total. The summed E-state index contributed by atoms with van der Waals surface area (Å²) >= 11 is 0. The summed E-state index contributed by atoms with van der Waals surface area (Å²) in [5.41, 5.74) is 0.608. The Morgan fingerprint density at radius 2 is 1.83 bits per heavy atom. The summed E-state index contributed by atoms with van der Waals surface area (Å²) in [6.45, 7) is -0.118. The SMILES string of the molecule is O=C(CCc1cccc(OCc2ccc(C(F)(F)F)cc2)c1)[C@@H]1C[C@@H](O)CN1S(=O)(=O)c1ccco1. The zero-order valence-electron chi connectivity index (χ0n) is 19.0. The van der Waals surface area contributed by atoms with E-state index in [1.54, 1.807) is 24.3 Å². The van der Waals surface area contributed by atoms with Crippen LogP contribution in [0.3, 0.4) is 0 Å². The number of β-amino-alcohol motifs (C(OH)–C–C–N with tert-alkyl or cyclic N) is 1. The fourth-order valence-corrected chi connectivity index (χ4v) is 5.62. The van der Waals surface area contributed by atoms with Crippen LogP contribution >= 0.6 is 0 Å². The van der Waals surface area contributed by atoms with Crippen LogP contribution in [0.1, 0.15) is 29.5 Å². The molecule has 4 rings (SSSR count). The number of hydrogen-bond donors (Lipinski definition) is 1. The number of aliphatic hydroxyl groups excluding tert-OH is 1. The summed E-state index contributed by atoms with van der Waals surface area (Å²) in [5, 5.41) is 9.76. The van der Waals surface area contributed by atoms with Crippen LogP contribution in [-0.2, 0) is 34.0 Å². The number of carbonyl (C=O) groups excluding carboxylic acids is 1. The minimum absolute atomic E-state index is 0.00898. The van der Waals surface area contributed by atoms with Crippen molar-refractivity contribution in [2.45, 2.75) is 49.3 Å². The number of furan rings is 1. The lowest BCUT2D eigenvalue weighted by atomic mass is 10.0. The number of nitrogens with zero attached hydrogens (tertiary/aromatic N) is 1. The van der Waals surface area contributed by atoms with Crippen LogP contribution in [0.25, 0.3) is 0 Å². The van der Waals surface area contributed by atoms with Crippen LogP contribution in [-0.4, -0.2) is 42.3 Å². The van der Waals surface area contributed by atoms with Crippen LogP contribution < -0.4 is 4.74 Å². The maximum absolute atomic E-state index is 12.9. The van der Waals surface area contributed by atoms with Gasteiger partial charge < -0.3 is 14.3 Å². The van der Waals surface area contributed by atoms with E-state index in [2.05, 4.69) is 0 Å². The second-order valence-corrected chi connectivity index (χ2v) is 10.3. The molecule has 1 aromatic heterocycles. The molecule has 0 saturated carbocycles. The molecule has 1 saturated heterocycles. The first-order chi connectivity index (χ1) is 17.0. The molecule has 0 unspecified atom stereocenters. The number of aryl methyl sites for hydroxylation is 1. The standard InChI is InChI=1S/C25H24F3NO6S/c26-25(27,28)19-9-6-18(7-10-19)16-35-21-4-1-3-17(13-21)8-11-23(31)22-14-20(30)15-29(22)36(32,33)24-5-2-12-34-24/h1-7,9-10,12-13,20,22,30H,8,11,14-16H2/t20-,22+/m1/s1. The molecule has 2 atom stereocenters. The summed E-state index contributed by atoms with van der Waals surface area (Å²) in [4.78, 5) is 12.9. The first-order valence-electron chi connectivity index (χ1n) is 11.2. The molecular formula is C25H24F3NO6S. The highest BCUT2D eigenvalue weighted by atomic mass is 32.2. The number of carbonyl (C=O) groups is 1. The molecule has 2 aromatic carbocycles. The van der Waals surface area contributed by atoms with Crippen molar-refractivity contribution in [1.29, 1.82) is 0 Å². The highest BCUT2D eigenvalue weighted by molar-refractivity contribution is 7.89. The molecule has 1 aliphatic rings. The highest BCUT2D eigenvalue weighted by Gasteiger charge is 2.44. The lowest BCUT2D eigenvalue weighted by Gasteiger charge is -2.21. The van der Waals surface area contributed by atoms with Gasteiger partial charge in [0.2, 0.25) is 5.09 Å². The van der Waals surface area contributed by atoms with Gasteiger partial charge in [0.05, 0.1) is 24.0 Å². The average molecular weight is 524 g/mol. The van der Waals surface area contributed by atoms with E-state index in [0.717, 1.165) is 22.0 Å². The summed E-state index contributed by atoms with van der Waals surface area (Å²) in [6, 6.07) is 13.4. The van der Waals surface area contributed by atoms with Crippen LogP contribution in [0.15, 0.2) is 76.4 Å². The lowest BCUT2D eigenvalue weighted by Crippen LogP contribution is -2.40. The van der Waals surface area contributed by atoms with Crippen molar-refractivity contribution in [1.82, 2.24) is 4.31 Å². The Labute approximate surface area is 206 Å². The zero-order valence-corrected chi connectivity index (χ0v) is 19.8. The minimum atomic E-state index is -4.40. The van der Waals surface area contributed by atoms with Gasteiger partial charge in [-0.25, -0.2) is 8.42 Å². The molecule has 0 spiro atoms. The molecule has 11 heteroatoms. The van der Waals surface area contributed by atoms with Crippen molar-refractivity contribution < 1.29 is 40.6 Å². The van der Waals surface area contributed by atoms with Crippen LogP contribution in [0.4, 0.5) is 13.2 Å². The van der Waals surface area contributed by atoms with E-state index in [1.807, 2.05) is 0 Å². The predicted octanol–water partition coefficient (Wildman–Crippen LogP) is 4.20. The Morgan fingerprint density at radius 3 is 2.50 bits per heavy atom. The smallest absolute Gasteiger partial charge is 0.416 e. The molecule has 192 valence electrons. The number of ether oxygens (including phenoxy) is 1. The van der Waals surface area contributed by atoms with Crippen LogP contribution in [0.2, 0.25) is 0 Å². The fourth-order valence-electron chi connectivity index (χ4n) is 4.05. The van der Waals surface area contributed by atoms with Gasteiger partial charge in [-0.1, -0.05) is 24.3 Å². The molecule has 2 heterocycles. The van der Waals surface area contributed by atoms with Crippen molar-refractivity contribution in [3.8, 4) is 5.75 Å². The van der Waals surface area contributed by atoms with E-state index in [9.17, 15) is 31.5 Å². The molecule has 7 nitrogen and oxygen atoms in total. The largest absolute Gasteiger partial charge is 0.489 e. The Balaban J connectivity index is 1.35. The normalized spacial score (nSPS) is 18.9. The van der Waals surface area contributed by atoms with E-state index in [0.29, 0.717) is 17.7 Å². The summed E-state index contributed by atoms with van der Waals surface area (Å²) in [7, 11) is -4.05. The summed E-state index contributed by atoms with van der Waals surface area (Å²) in [5.74, 6) is 0.163. The van der Waals surface area contributed by atoms with Crippen molar-refractivity contribution in [2.75, 3.05) is 6.54 Å². The van der Waals surface area contributed by atoms with E-state index >= 15 is 0 Å². The van der Waals surface area contributed by atoms with E-state index in [4.69, 9.17) is 9.15 Å². The number of Topliss-reactive ketones (excluding diaryl/α,β-unsaturated/α-hetero) is 1. The van der Waals surface area contributed by atoms with Gasteiger partial charge in [-0.15, -0.1) is 0 Å². The highest BCUT2D eigenvalue weighted by Crippen LogP contribution is 2.30. The summed E-state index contributed by atoms with van der Waals surface area (Å²) < 4.78 is 75.4. The van der Waals surface area contributed by atoms with Gasteiger partial charge >= 0.3 is 6.18 Å². The Morgan fingerprint density at radius 1 is 1.08 bits per heavy atom. The second kappa shape index (κ2) is 10.5. The van der Waals surface area contributed by atoms with Gasteiger partial charge in [-0.2, -0.15) is 17.5 Å². The molecule has 1 aliphatic heterocycles. The third kappa shape index (κ3) is 5.97. The Kier molecular flexibility index (Phi) is 7.53. The van der Waals surface area contributed by atoms with Gasteiger partial charge in [0, 0.05) is 13.0 Å². The predicted molar refractivity (Wildman–Crippen MR) is 123 cm³/mol. The molecule has 0 amide bonds. The number of sulfonamides is 1. The monoisotopic (exact) mass is 523 g/mol. The number of ketones is 1. The second-order valence-electron chi connectivity index (χ2n) is 8.51. The lowest BCUT2D eigenvalue weighted by molar-refractivity contribution is -0.137. The molecule has 36 heavy (non-hydrogen) atoms. The van der Waals surface area contributed by atoms with Gasteiger partial charge in [0.15, 0.2) is 5.78 Å². The topological polar surface area (TPSA) is 97.0 Å².